The van der Waals surface area contributed by atoms with Gasteiger partial charge in [0.2, 0.25) is 5.91 Å². The van der Waals surface area contributed by atoms with E-state index < -0.39 is 0 Å². The number of carbonyl (C=O) groups is 3. The van der Waals surface area contributed by atoms with E-state index in [-0.39, 0.29) is 42.9 Å². The van der Waals surface area contributed by atoms with Crippen molar-refractivity contribution in [1.82, 2.24) is 10.2 Å². The molecule has 0 saturated carbocycles. The van der Waals surface area contributed by atoms with Gasteiger partial charge >= 0.3 is 0 Å². The smallest absolute Gasteiger partial charge is 0.260 e. The van der Waals surface area contributed by atoms with Crippen LogP contribution in [0.3, 0.4) is 0 Å². The summed E-state index contributed by atoms with van der Waals surface area (Å²) in [5.74, 6) is -0.211. The molecule has 132 valence electrons. The van der Waals surface area contributed by atoms with Crippen LogP contribution in [-0.4, -0.2) is 47.3 Å². The van der Waals surface area contributed by atoms with Crippen LogP contribution in [0.25, 0.3) is 6.08 Å². The molecule has 25 heavy (non-hydrogen) atoms. The van der Waals surface area contributed by atoms with Crippen molar-refractivity contribution < 1.29 is 24.2 Å². The number of carbonyl (C=O) groups excluding carboxylic acids is 3. The monoisotopic (exact) mass is 344 g/mol. The Balaban J connectivity index is 1.69. The summed E-state index contributed by atoms with van der Waals surface area (Å²) in [6, 6.07) is 5.02. The van der Waals surface area contributed by atoms with Crippen molar-refractivity contribution in [3.8, 4) is 5.75 Å². The molecular weight excluding hydrogens is 324 g/mol. The Morgan fingerprint density at radius 1 is 1.28 bits per heavy atom. The first-order valence-electron chi connectivity index (χ1n) is 8.26. The predicted octanol–water partition coefficient (Wildman–Crippen LogP) is 0.610. The number of rotatable bonds is 5. The fourth-order valence-corrected chi connectivity index (χ4v) is 2.94. The lowest BCUT2D eigenvalue weighted by atomic mass is 10.1. The summed E-state index contributed by atoms with van der Waals surface area (Å²) >= 11 is 0. The van der Waals surface area contributed by atoms with Crippen LogP contribution in [-0.2, 0) is 21.0 Å². The number of aliphatic hydroxyl groups excluding tert-OH is 1. The number of aliphatic hydroxyl groups is 1. The van der Waals surface area contributed by atoms with Crippen LogP contribution in [0.2, 0.25) is 0 Å². The number of hydrogen-bond donors (Lipinski definition) is 2. The van der Waals surface area contributed by atoms with E-state index in [9.17, 15) is 19.5 Å². The first-order chi connectivity index (χ1) is 12.1. The van der Waals surface area contributed by atoms with E-state index in [2.05, 4.69) is 5.32 Å². The third-order valence-electron chi connectivity index (χ3n) is 4.27. The lowest BCUT2D eigenvalue weighted by molar-refractivity contribution is -0.132. The van der Waals surface area contributed by atoms with Gasteiger partial charge in [-0.2, -0.15) is 0 Å². The van der Waals surface area contributed by atoms with Gasteiger partial charge in [-0.1, -0.05) is 6.07 Å². The first-order valence-corrected chi connectivity index (χ1v) is 8.26. The van der Waals surface area contributed by atoms with Gasteiger partial charge in [0.05, 0.1) is 18.7 Å². The van der Waals surface area contributed by atoms with E-state index >= 15 is 0 Å². The minimum Gasteiger partial charge on any atom is -0.483 e. The molecule has 2 N–H and O–H groups in total. The molecule has 0 aliphatic carbocycles. The molecule has 0 bridgehead atoms. The van der Waals surface area contributed by atoms with Gasteiger partial charge in [-0.3, -0.25) is 14.4 Å². The third-order valence-corrected chi connectivity index (χ3v) is 4.27. The van der Waals surface area contributed by atoms with E-state index in [4.69, 9.17) is 4.74 Å². The SMILES string of the molecule is O=C1CC(=O)/C(=C/c2ccc(OCC(=O)N3CCCC3)c(CO)c2)N1. The number of nitrogens with zero attached hydrogens (tertiary/aromatic N) is 1. The van der Waals surface area contributed by atoms with Gasteiger partial charge in [0.1, 0.15) is 5.75 Å². The average molecular weight is 344 g/mol. The molecule has 2 heterocycles. The van der Waals surface area contributed by atoms with Gasteiger partial charge in [-0.15, -0.1) is 0 Å². The summed E-state index contributed by atoms with van der Waals surface area (Å²) < 4.78 is 5.56. The quantitative estimate of drug-likeness (QED) is 0.603. The molecule has 2 fully saturated rings. The molecule has 0 spiro atoms. The van der Waals surface area contributed by atoms with E-state index in [1.807, 2.05) is 0 Å². The van der Waals surface area contributed by atoms with Crippen molar-refractivity contribution >= 4 is 23.7 Å². The number of ether oxygens (including phenoxy) is 1. The second-order valence-corrected chi connectivity index (χ2v) is 6.11. The first kappa shape index (κ1) is 17.2. The number of allylic oxidation sites excluding steroid dienone is 1. The fourth-order valence-electron chi connectivity index (χ4n) is 2.94. The van der Waals surface area contributed by atoms with Crippen molar-refractivity contribution in [2.45, 2.75) is 25.9 Å². The maximum Gasteiger partial charge on any atom is 0.260 e. The van der Waals surface area contributed by atoms with Crippen molar-refractivity contribution in [2.24, 2.45) is 0 Å². The number of hydrogen-bond acceptors (Lipinski definition) is 5. The molecule has 2 aliphatic rings. The number of amides is 2. The number of Topliss-reactive ketones (excluding diaryl/α,β-unsaturated/α-hetero) is 1. The molecule has 7 heteroatoms. The van der Waals surface area contributed by atoms with Crippen LogP contribution in [0, 0.1) is 0 Å². The minimum absolute atomic E-state index is 0.0631. The summed E-state index contributed by atoms with van der Waals surface area (Å²) in [5, 5.41) is 12.0. The van der Waals surface area contributed by atoms with Crippen LogP contribution >= 0.6 is 0 Å². The Kier molecular flexibility index (Phi) is 5.14. The Bertz CT molecular complexity index is 735. The molecule has 1 aromatic carbocycles. The third kappa shape index (κ3) is 4.06. The predicted molar refractivity (Wildman–Crippen MR) is 89.4 cm³/mol. The number of nitrogens with one attached hydrogen (secondary N) is 1. The highest BCUT2D eigenvalue weighted by atomic mass is 16.5. The summed E-state index contributed by atoms with van der Waals surface area (Å²) in [6.07, 6.45) is 3.46. The maximum atomic E-state index is 12.0. The van der Waals surface area contributed by atoms with Gasteiger partial charge in [0.15, 0.2) is 12.4 Å². The highest BCUT2D eigenvalue weighted by Gasteiger charge is 2.24. The molecule has 0 aromatic heterocycles. The molecule has 7 nitrogen and oxygen atoms in total. The molecule has 0 atom stereocenters. The molecule has 1 aromatic rings. The van der Waals surface area contributed by atoms with E-state index in [0.717, 1.165) is 25.9 Å². The van der Waals surface area contributed by atoms with E-state index in [0.29, 0.717) is 16.9 Å². The second kappa shape index (κ2) is 7.48. The standard InChI is InChI=1S/C18H20N2O5/c21-10-13-7-12(8-14-15(22)9-17(23)19-14)3-4-16(13)25-11-18(24)20-5-1-2-6-20/h3-4,7-8,21H,1-2,5-6,9-11H2,(H,19,23)/b14-8-. The Morgan fingerprint density at radius 2 is 2.04 bits per heavy atom. The highest BCUT2D eigenvalue weighted by molar-refractivity contribution is 6.16. The van der Waals surface area contributed by atoms with Gasteiger partial charge < -0.3 is 20.1 Å². The topological polar surface area (TPSA) is 95.9 Å². The van der Waals surface area contributed by atoms with Crippen LogP contribution in [0.4, 0.5) is 0 Å². The second-order valence-electron chi connectivity index (χ2n) is 6.11. The van der Waals surface area contributed by atoms with Gasteiger partial charge in [0, 0.05) is 18.7 Å². The number of likely N-dealkylation sites (tertiary alicyclic amines) is 1. The zero-order valence-electron chi connectivity index (χ0n) is 13.8. The molecule has 2 amide bonds. The Morgan fingerprint density at radius 3 is 2.68 bits per heavy atom. The number of benzene rings is 1. The fraction of sp³-hybridized carbons (Fsp3) is 0.389. The molecule has 2 aliphatic heterocycles. The lowest BCUT2D eigenvalue weighted by Gasteiger charge is -2.16. The van der Waals surface area contributed by atoms with Gasteiger partial charge in [0.25, 0.3) is 5.91 Å². The molecule has 0 unspecified atom stereocenters. The zero-order valence-corrected chi connectivity index (χ0v) is 13.8. The van der Waals surface area contributed by atoms with Crippen molar-refractivity contribution in [3.05, 3.63) is 35.0 Å². The normalized spacial score (nSPS) is 18.8. The van der Waals surface area contributed by atoms with Crippen molar-refractivity contribution in [2.75, 3.05) is 19.7 Å². The maximum absolute atomic E-state index is 12.0. The Labute approximate surface area is 145 Å². The summed E-state index contributed by atoms with van der Waals surface area (Å²) in [7, 11) is 0. The van der Waals surface area contributed by atoms with Gasteiger partial charge in [-0.05, 0) is 36.6 Å². The van der Waals surface area contributed by atoms with Crippen molar-refractivity contribution in [3.63, 3.8) is 0 Å². The summed E-state index contributed by atoms with van der Waals surface area (Å²) in [5.41, 5.74) is 1.42. The Hall–Kier alpha value is -2.67. The van der Waals surface area contributed by atoms with Crippen molar-refractivity contribution in [1.29, 1.82) is 0 Å². The summed E-state index contributed by atoms with van der Waals surface area (Å²) in [4.78, 5) is 36.7. The number of ketones is 1. The molecule has 3 rings (SSSR count). The van der Waals surface area contributed by atoms with Crippen LogP contribution in [0.15, 0.2) is 23.9 Å². The van der Waals surface area contributed by atoms with Crippen LogP contribution < -0.4 is 10.1 Å². The lowest BCUT2D eigenvalue weighted by Crippen LogP contribution is -2.32. The zero-order chi connectivity index (χ0) is 17.8. The van der Waals surface area contributed by atoms with Crippen LogP contribution in [0.1, 0.15) is 30.4 Å². The van der Waals surface area contributed by atoms with Crippen LogP contribution in [0.5, 0.6) is 5.75 Å². The largest absolute Gasteiger partial charge is 0.483 e. The van der Waals surface area contributed by atoms with E-state index in [1.54, 1.807) is 29.2 Å². The summed E-state index contributed by atoms with van der Waals surface area (Å²) in [6.45, 7) is 1.20. The van der Waals surface area contributed by atoms with E-state index in [1.165, 1.54) is 0 Å². The average Bonchev–Trinajstić information content (AvgIpc) is 3.23. The molecule has 0 radical (unpaired) electrons. The highest BCUT2D eigenvalue weighted by Crippen LogP contribution is 2.23. The van der Waals surface area contributed by atoms with Gasteiger partial charge in [-0.25, -0.2) is 0 Å². The molecular formula is C18H20N2O5. The molecule has 2 saturated heterocycles. The minimum atomic E-state index is -0.320.